The molecule has 1 aliphatic rings. The number of nitrogens with one attached hydrogen (secondary N) is 1. The molecule has 128 valence electrons. The molecule has 0 spiro atoms. The van der Waals surface area contributed by atoms with Gasteiger partial charge in [0.05, 0.1) is 26.0 Å². The number of rotatable bonds is 8. The van der Waals surface area contributed by atoms with E-state index in [1.807, 2.05) is 29.0 Å². The molecule has 1 aliphatic carbocycles. The predicted molar refractivity (Wildman–Crippen MR) is 90.3 cm³/mol. The number of benzene rings is 1. The van der Waals surface area contributed by atoms with Crippen LogP contribution in [0.3, 0.4) is 0 Å². The van der Waals surface area contributed by atoms with Crippen LogP contribution in [0.5, 0.6) is 11.5 Å². The third kappa shape index (κ3) is 3.22. The van der Waals surface area contributed by atoms with Crippen LogP contribution in [-0.4, -0.2) is 36.2 Å². The Bertz CT molecular complexity index is 694. The van der Waals surface area contributed by atoms with Crippen LogP contribution >= 0.6 is 0 Å². The second-order valence-electron chi connectivity index (χ2n) is 6.06. The van der Waals surface area contributed by atoms with E-state index in [-0.39, 0.29) is 5.91 Å². The first-order valence-corrected chi connectivity index (χ1v) is 8.16. The Morgan fingerprint density at radius 1 is 1.29 bits per heavy atom. The molecule has 1 aromatic carbocycles. The summed E-state index contributed by atoms with van der Waals surface area (Å²) in [5, 5.41) is 3.07. The predicted octanol–water partition coefficient (Wildman–Crippen LogP) is 2.14. The van der Waals surface area contributed by atoms with Crippen molar-refractivity contribution >= 4 is 5.91 Å². The van der Waals surface area contributed by atoms with Gasteiger partial charge in [-0.25, -0.2) is 4.98 Å². The molecule has 6 heteroatoms. The van der Waals surface area contributed by atoms with Gasteiger partial charge < -0.3 is 19.4 Å². The van der Waals surface area contributed by atoms with Crippen LogP contribution < -0.4 is 14.8 Å². The van der Waals surface area contributed by atoms with Crippen LogP contribution in [-0.2, 0) is 16.8 Å². The van der Waals surface area contributed by atoms with Crippen molar-refractivity contribution in [2.24, 2.45) is 0 Å². The number of amides is 1. The lowest BCUT2D eigenvalue weighted by Gasteiger charge is -2.18. The molecule has 0 aliphatic heterocycles. The summed E-state index contributed by atoms with van der Waals surface area (Å²) in [5.74, 6) is 1.44. The fourth-order valence-corrected chi connectivity index (χ4v) is 2.96. The average Bonchev–Trinajstić information content (AvgIpc) is 3.27. The Labute approximate surface area is 141 Å². The minimum atomic E-state index is -0.408. The van der Waals surface area contributed by atoms with Crippen molar-refractivity contribution < 1.29 is 14.3 Å². The van der Waals surface area contributed by atoms with Crippen LogP contribution in [0.2, 0.25) is 0 Å². The highest BCUT2D eigenvalue weighted by molar-refractivity contribution is 5.91. The van der Waals surface area contributed by atoms with Gasteiger partial charge in [-0.05, 0) is 37.0 Å². The molecule has 1 N–H and O–H groups in total. The Morgan fingerprint density at radius 3 is 2.71 bits per heavy atom. The van der Waals surface area contributed by atoms with E-state index >= 15 is 0 Å². The lowest BCUT2D eigenvalue weighted by molar-refractivity contribution is -0.123. The number of ether oxygens (including phenoxy) is 2. The van der Waals surface area contributed by atoms with E-state index in [2.05, 4.69) is 10.3 Å². The second kappa shape index (κ2) is 6.95. The number of imidazole rings is 1. The summed E-state index contributed by atoms with van der Waals surface area (Å²) in [6, 6.07) is 5.73. The van der Waals surface area contributed by atoms with E-state index in [1.54, 1.807) is 26.7 Å². The third-order valence-corrected chi connectivity index (χ3v) is 4.56. The van der Waals surface area contributed by atoms with Crippen LogP contribution in [0.1, 0.15) is 24.8 Å². The molecule has 24 heavy (non-hydrogen) atoms. The lowest BCUT2D eigenvalue weighted by Crippen LogP contribution is -2.35. The quantitative estimate of drug-likeness (QED) is 0.754. The molecular formula is C18H23N3O3. The first kappa shape index (κ1) is 16.4. The van der Waals surface area contributed by atoms with Gasteiger partial charge in [0.15, 0.2) is 11.5 Å². The second-order valence-corrected chi connectivity index (χ2v) is 6.06. The average molecular weight is 329 g/mol. The molecule has 1 heterocycles. The summed E-state index contributed by atoms with van der Waals surface area (Å²) in [5.41, 5.74) is 0.585. The molecule has 1 fully saturated rings. The molecule has 0 radical (unpaired) electrons. The molecule has 1 amide bonds. The Kier molecular flexibility index (Phi) is 4.74. The molecule has 1 saturated carbocycles. The van der Waals surface area contributed by atoms with Crippen LogP contribution in [0.4, 0.5) is 0 Å². The normalized spacial score (nSPS) is 14.9. The van der Waals surface area contributed by atoms with Crippen molar-refractivity contribution in [2.45, 2.75) is 31.2 Å². The number of hydrogen-bond donors (Lipinski definition) is 1. The summed E-state index contributed by atoms with van der Waals surface area (Å²) in [6.07, 6.45) is 8.09. The van der Waals surface area contributed by atoms with Gasteiger partial charge in [-0.2, -0.15) is 0 Å². The largest absolute Gasteiger partial charge is 0.493 e. The first-order valence-electron chi connectivity index (χ1n) is 8.16. The number of carbonyl (C=O) groups is 1. The topological polar surface area (TPSA) is 65.4 Å². The van der Waals surface area contributed by atoms with Gasteiger partial charge in [-0.3, -0.25) is 4.79 Å². The lowest BCUT2D eigenvalue weighted by atomic mass is 9.94. The molecule has 6 nitrogen and oxygen atoms in total. The van der Waals surface area contributed by atoms with Crippen molar-refractivity contribution in [3.8, 4) is 11.5 Å². The van der Waals surface area contributed by atoms with Crippen LogP contribution in [0.15, 0.2) is 36.9 Å². The number of aromatic nitrogens is 2. The van der Waals surface area contributed by atoms with Crippen molar-refractivity contribution in [2.75, 3.05) is 20.8 Å². The number of methoxy groups -OCH3 is 2. The standard InChI is InChI=1S/C18H23N3O3/c1-23-15-5-4-14(12-16(15)24-2)18(6-7-18)17(22)20-8-3-10-21-11-9-19-13-21/h4-5,9,11-13H,3,6-8,10H2,1-2H3,(H,20,22). The van der Waals surface area contributed by atoms with Crippen LogP contribution in [0, 0.1) is 0 Å². The zero-order chi connectivity index (χ0) is 17.0. The van der Waals surface area contributed by atoms with E-state index < -0.39 is 5.41 Å². The monoisotopic (exact) mass is 329 g/mol. The Morgan fingerprint density at radius 2 is 2.08 bits per heavy atom. The maximum absolute atomic E-state index is 12.6. The Hall–Kier alpha value is -2.50. The molecule has 0 unspecified atom stereocenters. The van der Waals surface area contributed by atoms with Crippen molar-refractivity contribution in [1.29, 1.82) is 0 Å². The third-order valence-electron chi connectivity index (χ3n) is 4.56. The molecule has 3 rings (SSSR count). The molecule has 0 atom stereocenters. The number of hydrogen-bond acceptors (Lipinski definition) is 4. The SMILES string of the molecule is COc1ccc(C2(C(=O)NCCCn3ccnc3)CC2)cc1OC. The minimum absolute atomic E-state index is 0.0975. The van der Waals surface area contributed by atoms with E-state index in [4.69, 9.17) is 9.47 Å². The highest BCUT2D eigenvalue weighted by Gasteiger charge is 2.51. The fraction of sp³-hybridized carbons (Fsp3) is 0.444. The zero-order valence-electron chi connectivity index (χ0n) is 14.1. The molecule has 2 aromatic rings. The number of aryl methyl sites for hydroxylation is 1. The number of nitrogens with zero attached hydrogens (tertiary/aromatic N) is 2. The minimum Gasteiger partial charge on any atom is -0.493 e. The van der Waals surface area contributed by atoms with Gasteiger partial charge >= 0.3 is 0 Å². The summed E-state index contributed by atoms with van der Waals surface area (Å²) < 4.78 is 12.6. The van der Waals surface area contributed by atoms with Gasteiger partial charge in [0.1, 0.15) is 0 Å². The van der Waals surface area contributed by atoms with E-state index in [0.29, 0.717) is 18.0 Å². The van der Waals surface area contributed by atoms with Crippen molar-refractivity contribution in [1.82, 2.24) is 14.9 Å². The smallest absolute Gasteiger partial charge is 0.230 e. The summed E-state index contributed by atoms with van der Waals surface area (Å²) >= 11 is 0. The van der Waals surface area contributed by atoms with Gasteiger partial charge in [0.25, 0.3) is 0 Å². The maximum Gasteiger partial charge on any atom is 0.230 e. The van der Waals surface area contributed by atoms with Gasteiger partial charge in [-0.1, -0.05) is 6.07 Å². The summed E-state index contributed by atoms with van der Waals surface area (Å²) in [4.78, 5) is 16.6. The van der Waals surface area contributed by atoms with E-state index in [9.17, 15) is 4.79 Å². The van der Waals surface area contributed by atoms with E-state index in [0.717, 1.165) is 31.4 Å². The van der Waals surface area contributed by atoms with E-state index in [1.165, 1.54) is 0 Å². The van der Waals surface area contributed by atoms with Crippen molar-refractivity contribution in [3.63, 3.8) is 0 Å². The summed E-state index contributed by atoms with van der Waals surface area (Å²) in [6.45, 7) is 1.51. The zero-order valence-corrected chi connectivity index (χ0v) is 14.1. The highest BCUT2D eigenvalue weighted by Crippen LogP contribution is 2.50. The first-order chi connectivity index (χ1) is 11.7. The molecule has 0 saturated heterocycles. The van der Waals surface area contributed by atoms with Crippen molar-refractivity contribution in [3.05, 3.63) is 42.5 Å². The fourth-order valence-electron chi connectivity index (χ4n) is 2.96. The maximum atomic E-state index is 12.6. The molecule has 0 bridgehead atoms. The van der Waals surface area contributed by atoms with Gasteiger partial charge in [0.2, 0.25) is 5.91 Å². The Balaban J connectivity index is 1.59. The summed E-state index contributed by atoms with van der Waals surface area (Å²) in [7, 11) is 3.22. The van der Waals surface area contributed by atoms with Crippen LogP contribution in [0.25, 0.3) is 0 Å². The molecule has 1 aromatic heterocycles. The van der Waals surface area contributed by atoms with Gasteiger partial charge in [-0.15, -0.1) is 0 Å². The number of carbonyl (C=O) groups excluding carboxylic acids is 1. The molecular weight excluding hydrogens is 306 g/mol. The van der Waals surface area contributed by atoms with Gasteiger partial charge in [0, 0.05) is 25.5 Å². The highest BCUT2D eigenvalue weighted by atomic mass is 16.5.